The van der Waals surface area contributed by atoms with E-state index >= 15 is 0 Å². The van der Waals surface area contributed by atoms with Crippen LogP contribution in [0.3, 0.4) is 0 Å². The summed E-state index contributed by atoms with van der Waals surface area (Å²) >= 11 is 6.03. The molecule has 4 rings (SSSR count). The first-order valence-corrected chi connectivity index (χ1v) is 11.5. The summed E-state index contributed by atoms with van der Waals surface area (Å²) in [4.78, 5) is 26.2. The smallest absolute Gasteiger partial charge is 0.316 e. The zero-order valence-corrected chi connectivity index (χ0v) is 20.1. The molecule has 1 aliphatic carbocycles. The molecule has 6 nitrogen and oxygen atoms in total. The number of ketones is 1. The fraction of sp³-hybridized carbons (Fsp3) is 0.385. The van der Waals surface area contributed by atoms with Crippen LogP contribution in [0.1, 0.15) is 51.1 Å². The molecule has 0 spiro atoms. The standard InChI is InChI=1S/C26H27ClFNO5/c1-5-32-25(31)22-14(2)29-18-11-26(3,4)12-19(30)23(18)24(22)21-9-7-16(34-21)13-33-20-8-6-15(28)10-17(20)27/h6-10,22,24,29H,2,5,11-13H2,1,3-4H3. The van der Waals surface area contributed by atoms with Gasteiger partial charge in [0.1, 0.15) is 35.6 Å². The number of rotatable bonds is 6. The summed E-state index contributed by atoms with van der Waals surface area (Å²) in [5, 5.41) is 3.36. The van der Waals surface area contributed by atoms with E-state index in [1.165, 1.54) is 18.2 Å². The molecule has 1 aromatic carbocycles. The Morgan fingerprint density at radius 3 is 2.76 bits per heavy atom. The average Bonchev–Trinajstić information content (AvgIpc) is 3.20. The third kappa shape index (κ3) is 4.75. The number of benzene rings is 1. The van der Waals surface area contributed by atoms with Crippen molar-refractivity contribution in [3.8, 4) is 5.75 Å². The molecule has 2 unspecified atom stereocenters. The highest BCUT2D eigenvalue weighted by atomic mass is 35.5. The molecule has 0 fully saturated rings. The Morgan fingerprint density at radius 1 is 1.29 bits per heavy atom. The molecule has 1 aromatic heterocycles. The number of halogens is 2. The zero-order chi connectivity index (χ0) is 24.6. The number of hydrogen-bond donors (Lipinski definition) is 1. The van der Waals surface area contributed by atoms with Crippen LogP contribution in [-0.2, 0) is 20.9 Å². The summed E-state index contributed by atoms with van der Waals surface area (Å²) in [7, 11) is 0. The fourth-order valence-corrected chi connectivity index (χ4v) is 4.87. The molecule has 0 bridgehead atoms. The zero-order valence-electron chi connectivity index (χ0n) is 19.4. The Balaban J connectivity index is 1.67. The van der Waals surface area contributed by atoms with Crippen LogP contribution in [0.2, 0.25) is 5.02 Å². The van der Waals surface area contributed by atoms with Crippen molar-refractivity contribution in [1.82, 2.24) is 5.32 Å². The molecular weight excluding hydrogens is 461 g/mol. The highest BCUT2D eigenvalue weighted by molar-refractivity contribution is 6.32. The van der Waals surface area contributed by atoms with E-state index in [0.29, 0.717) is 41.4 Å². The van der Waals surface area contributed by atoms with Crippen molar-refractivity contribution in [2.45, 2.75) is 46.1 Å². The van der Waals surface area contributed by atoms with Crippen LogP contribution in [0.5, 0.6) is 5.75 Å². The van der Waals surface area contributed by atoms with E-state index in [4.69, 9.17) is 25.5 Å². The second-order valence-electron chi connectivity index (χ2n) is 9.36. The lowest BCUT2D eigenvalue weighted by Crippen LogP contribution is -2.43. The molecule has 0 saturated carbocycles. The summed E-state index contributed by atoms with van der Waals surface area (Å²) < 4.78 is 30.3. The van der Waals surface area contributed by atoms with E-state index in [1.807, 2.05) is 13.8 Å². The van der Waals surface area contributed by atoms with Crippen molar-refractivity contribution < 1.29 is 27.9 Å². The third-order valence-electron chi connectivity index (χ3n) is 6.04. The van der Waals surface area contributed by atoms with Gasteiger partial charge >= 0.3 is 5.97 Å². The average molecular weight is 488 g/mol. The summed E-state index contributed by atoms with van der Waals surface area (Å²) in [6.07, 6.45) is 1.02. The molecule has 1 N–H and O–H groups in total. The molecule has 1 aliphatic heterocycles. The van der Waals surface area contributed by atoms with Crippen molar-refractivity contribution in [2.75, 3.05) is 6.61 Å². The maximum Gasteiger partial charge on any atom is 0.316 e. The second kappa shape index (κ2) is 9.29. The van der Waals surface area contributed by atoms with Gasteiger partial charge in [-0.3, -0.25) is 9.59 Å². The Morgan fingerprint density at radius 2 is 2.06 bits per heavy atom. The molecule has 0 amide bonds. The van der Waals surface area contributed by atoms with E-state index in [2.05, 4.69) is 11.9 Å². The minimum atomic E-state index is -0.810. The van der Waals surface area contributed by atoms with E-state index in [0.717, 1.165) is 5.70 Å². The summed E-state index contributed by atoms with van der Waals surface area (Å²) in [5.74, 6) is -1.20. The molecular formula is C26H27ClFNO5. The monoisotopic (exact) mass is 487 g/mol. The number of hydrogen-bond acceptors (Lipinski definition) is 6. The second-order valence-corrected chi connectivity index (χ2v) is 9.77. The number of furan rings is 1. The molecule has 2 aromatic rings. The SMILES string of the molecule is C=C1NC2=C(C(=O)CC(C)(C)C2)C(c2ccc(COc3ccc(F)cc3Cl)o2)C1C(=O)OCC. The lowest BCUT2D eigenvalue weighted by atomic mass is 9.67. The van der Waals surface area contributed by atoms with E-state index < -0.39 is 23.6 Å². The quantitative estimate of drug-likeness (QED) is 0.529. The Kier molecular flexibility index (Phi) is 6.58. The van der Waals surface area contributed by atoms with Gasteiger partial charge in [0, 0.05) is 23.4 Å². The van der Waals surface area contributed by atoms with Gasteiger partial charge in [-0.25, -0.2) is 4.39 Å². The van der Waals surface area contributed by atoms with Gasteiger partial charge in [0.15, 0.2) is 5.78 Å². The first kappa shape index (κ1) is 24.1. The van der Waals surface area contributed by atoms with Gasteiger partial charge in [-0.05, 0) is 49.1 Å². The molecule has 2 heterocycles. The Labute approximate surface area is 202 Å². The number of ether oxygens (including phenoxy) is 2. The van der Waals surface area contributed by atoms with Crippen LogP contribution < -0.4 is 10.1 Å². The predicted molar refractivity (Wildman–Crippen MR) is 125 cm³/mol. The largest absolute Gasteiger partial charge is 0.484 e. The number of esters is 1. The first-order valence-electron chi connectivity index (χ1n) is 11.1. The number of Topliss-reactive ketones (excluding diaryl/α,β-unsaturated/α-hetero) is 1. The molecule has 0 saturated heterocycles. The normalized spacial score (nSPS) is 21.7. The minimum Gasteiger partial charge on any atom is -0.484 e. The van der Waals surface area contributed by atoms with Crippen LogP contribution in [0, 0.1) is 17.2 Å². The molecule has 2 atom stereocenters. The molecule has 8 heteroatoms. The Bertz CT molecular complexity index is 1180. The summed E-state index contributed by atoms with van der Waals surface area (Å²) in [5.41, 5.74) is 1.57. The van der Waals surface area contributed by atoms with Gasteiger partial charge in [-0.1, -0.05) is 32.0 Å². The van der Waals surface area contributed by atoms with Gasteiger partial charge < -0.3 is 19.2 Å². The van der Waals surface area contributed by atoms with Crippen molar-refractivity contribution in [1.29, 1.82) is 0 Å². The van der Waals surface area contributed by atoms with Crippen LogP contribution in [0.4, 0.5) is 4.39 Å². The maximum atomic E-state index is 13.3. The summed E-state index contributed by atoms with van der Waals surface area (Å²) in [6.45, 7) is 10.1. The van der Waals surface area contributed by atoms with Gasteiger partial charge in [0.05, 0.1) is 17.5 Å². The van der Waals surface area contributed by atoms with Gasteiger partial charge in [-0.2, -0.15) is 0 Å². The number of nitrogens with one attached hydrogen (secondary N) is 1. The lowest BCUT2D eigenvalue weighted by Gasteiger charge is -2.41. The Hall–Kier alpha value is -3.06. The summed E-state index contributed by atoms with van der Waals surface area (Å²) in [6, 6.07) is 7.31. The van der Waals surface area contributed by atoms with Crippen molar-refractivity contribution in [3.05, 3.63) is 76.2 Å². The lowest BCUT2D eigenvalue weighted by molar-refractivity contribution is -0.147. The van der Waals surface area contributed by atoms with Crippen molar-refractivity contribution in [2.24, 2.45) is 11.3 Å². The van der Waals surface area contributed by atoms with Crippen LogP contribution in [0.15, 0.2) is 58.3 Å². The molecule has 2 aliphatic rings. The minimum absolute atomic E-state index is 0.0298. The molecule has 34 heavy (non-hydrogen) atoms. The fourth-order valence-electron chi connectivity index (χ4n) is 4.64. The van der Waals surface area contributed by atoms with Crippen LogP contribution in [-0.4, -0.2) is 18.4 Å². The highest BCUT2D eigenvalue weighted by Gasteiger charge is 2.48. The van der Waals surface area contributed by atoms with Crippen LogP contribution >= 0.6 is 11.6 Å². The predicted octanol–water partition coefficient (Wildman–Crippen LogP) is 5.67. The number of carbonyl (C=O) groups is 2. The van der Waals surface area contributed by atoms with Crippen LogP contribution in [0.25, 0.3) is 0 Å². The third-order valence-corrected chi connectivity index (χ3v) is 6.34. The highest BCUT2D eigenvalue weighted by Crippen LogP contribution is 2.48. The van der Waals surface area contributed by atoms with Gasteiger partial charge in [0.2, 0.25) is 0 Å². The van der Waals surface area contributed by atoms with Gasteiger partial charge in [0.25, 0.3) is 0 Å². The van der Waals surface area contributed by atoms with Gasteiger partial charge in [-0.15, -0.1) is 0 Å². The van der Waals surface area contributed by atoms with E-state index in [9.17, 15) is 14.0 Å². The van der Waals surface area contributed by atoms with E-state index in [-0.39, 0.29) is 29.4 Å². The van der Waals surface area contributed by atoms with Crippen molar-refractivity contribution >= 4 is 23.4 Å². The van der Waals surface area contributed by atoms with E-state index in [1.54, 1.807) is 19.1 Å². The first-order chi connectivity index (χ1) is 16.1. The number of carbonyl (C=O) groups excluding carboxylic acids is 2. The van der Waals surface area contributed by atoms with Crippen molar-refractivity contribution in [3.63, 3.8) is 0 Å². The number of allylic oxidation sites excluding steroid dienone is 2. The molecule has 0 radical (unpaired) electrons. The molecule has 180 valence electrons. The maximum absolute atomic E-state index is 13.3. The topological polar surface area (TPSA) is 77.8 Å².